The Kier molecular flexibility index (Phi) is 5.20. The number of rotatable bonds is 5. The van der Waals surface area contributed by atoms with E-state index in [1.807, 2.05) is 6.92 Å². The van der Waals surface area contributed by atoms with Gasteiger partial charge < -0.3 is 10.6 Å². The Labute approximate surface area is 110 Å². The largest absolute Gasteiger partial charge is 0.418 e. The molecule has 19 heavy (non-hydrogen) atoms. The molecule has 0 spiro atoms. The van der Waals surface area contributed by atoms with Crippen LogP contribution < -0.4 is 10.6 Å². The van der Waals surface area contributed by atoms with Gasteiger partial charge in [-0.2, -0.15) is 13.2 Å². The highest BCUT2D eigenvalue weighted by molar-refractivity contribution is 5.84. The molecule has 1 rings (SSSR count). The molecular weight excluding hydrogens is 257 g/mol. The summed E-state index contributed by atoms with van der Waals surface area (Å²) in [6.45, 7) is 3.93. The molecular formula is C13H17F3N2O. The van der Waals surface area contributed by atoms with Crippen LogP contribution >= 0.6 is 0 Å². The van der Waals surface area contributed by atoms with Gasteiger partial charge in [0.05, 0.1) is 5.56 Å². The predicted molar refractivity (Wildman–Crippen MR) is 67.8 cm³/mol. The molecule has 0 radical (unpaired) electrons. The number of hydrogen-bond donors (Lipinski definition) is 2. The summed E-state index contributed by atoms with van der Waals surface area (Å²) >= 11 is 0. The molecule has 0 aliphatic rings. The molecule has 0 saturated carbocycles. The molecule has 0 saturated heterocycles. The lowest BCUT2D eigenvalue weighted by Crippen LogP contribution is -2.38. The first kappa shape index (κ1) is 15.3. The van der Waals surface area contributed by atoms with Crippen molar-refractivity contribution in [2.24, 2.45) is 0 Å². The monoisotopic (exact) mass is 274 g/mol. The lowest BCUT2D eigenvalue weighted by atomic mass is 10.1. The zero-order chi connectivity index (χ0) is 14.5. The Morgan fingerprint density at radius 1 is 1.32 bits per heavy atom. The summed E-state index contributed by atoms with van der Waals surface area (Å²) in [4.78, 5) is 11.6. The molecule has 1 aromatic carbocycles. The van der Waals surface area contributed by atoms with Crippen LogP contribution in [0.15, 0.2) is 24.3 Å². The van der Waals surface area contributed by atoms with Gasteiger partial charge in [0.25, 0.3) is 0 Å². The lowest BCUT2D eigenvalue weighted by molar-refractivity contribution is -0.137. The minimum atomic E-state index is -4.44. The quantitative estimate of drug-likeness (QED) is 0.866. The molecule has 1 atom stereocenters. The average molecular weight is 274 g/mol. The second kappa shape index (κ2) is 6.45. The Morgan fingerprint density at radius 2 is 1.95 bits per heavy atom. The van der Waals surface area contributed by atoms with E-state index in [1.54, 1.807) is 0 Å². The van der Waals surface area contributed by atoms with Gasteiger partial charge in [0.1, 0.15) is 6.04 Å². The maximum Gasteiger partial charge on any atom is 0.418 e. The van der Waals surface area contributed by atoms with Crippen molar-refractivity contribution < 1.29 is 18.0 Å². The van der Waals surface area contributed by atoms with Crippen molar-refractivity contribution in [2.45, 2.75) is 32.5 Å². The number of para-hydroxylation sites is 1. The van der Waals surface area contributed by atoms with E-state index in [2.05, 4.69) is 10.6 Å². The first-order chi connectivity index (χ1) is 8.86. The zero-order valence-electron chi connectivity index (χ0n) is 10.8. The SMILES string of the molecule is CCCNC(=O)C(C)Nc1ccccc1C(F)(F)F. The molecule has 2 N–H and O–H groups in total. The molecule has 3 nitrogen and oxygen atoms in total. The summed E-state index contributed by atoms with van der Waals surface area (Å²) in [5, 5.41) is 5.22. The van der Waals surface area contributed by atoms with Gasteiger partial charge in [0.15, 0.2) is 0 Å². The van der Waals surface area contributed by atoms with Crippen LogP contribution in [0.2, 0.25) is 0 Å². The lowest BCUT2D eigenvalue weighted by Gasteiger charge is -2.18. The van der Waals surface area contributed by atoms with E-state index in [9.17, 15) is 18.0 Å². The van der Waals surface area contributed by atoms with Crippen LogP contribution in [-0.2, 0) is 11.0 Å². The number of amides is 1. The molecule has 0 bridgehead atoms. The summed E-state index contributed by atoms with van der Waals surface area (Å²) in [6, 6.07) is 4.38. The number of benzene rings is 1. The van der Waals surface area contributed by atoms with E-state index in [0.717, 1.165) is 12.5 Å². The van der Waals surface area contributed by atoms with Crippen molar-refractivity contribution in [3.05, 3.63) is 29.8 Å². The minimum Gasteiger partial charge on any atom is -0.373 e. The Bertz CT molecular complexity index is 432. The van der Waals surface area contributed by atoms with Crippen LogP contribution in [0.5, 0.6) is 0 Å². The molecule has 0 aliphatic heterocycles. The fourth-order valence-corrected chi connectivity index (χ4v) is 1.56. The van der Waals surface area contributed by atoms with Crippen molar-refractivity contribution in [1.29, 1.82) is 0 Å². The van der Waals surface area contributed by atoms with Gasteiger partial charge in [-0.1, -0.05) is 19.1 Å². The number of anilines is 1. The summed E-state index contributed by atoms with van der Waals surface area (Å²) in [5.74, 6) is -0.321. The van der Waals surface area contributed by atoms with Gasteiger partial charge in [0, 0.05) is 12.2 Å². The third-order valence-corrected chi connectivity index (χ3v) is 2.55. The van der Waals surface area contributed by atoms with E-state index in [-0.39, 0.29) is 11.6 Å². The fraction of sp³-hybridized carbons (Fsp3) is 0.462. The number of alkyl halides is 3. The van der Waals surface area contributed by atoms with E-state index in [1.165, 1.54) is 25.1 Å². The molecule has 0 aliphatic carbocycles. The van der Waals surface area contributed by atoms with Crippen molar-refractivity contribution >= 4 is 11.6 Å². The maximum atomic E-state index is 12.8. The van der Waals surface area contributed by atoms with Crippen LogP contribution in [0.3, 0.4) is 0 Å². The average Bonchev–Trinajstić information content (AvgIpc) is 2.35. The molecule has 106 valence electrons. The third kappa shape index (κ3) is 4.46. The highest BCUT2D eigenvalue weighted by Gasteiger charge is 2.33. The second-order valence-corrected chi connectivity index (χ2v) is 4.20. The highest BCUT2D eigenvalue weighted by atomic mass is 19.4. The number of carbonyl (C=O) groups excluding carboxylic acids is 1. The topological polar surface area (TPSA) is 41.1 Å². The Morgan fingerprint density at radius 3 is 2.53 bits per heavy atom. The third-order valence-electron chi connectivity index (χ3n) is 2.55. The molecule has 6 heteroatoms. The van der Waals surface area contributed by atoms with Crippen LogP contribution in [0.25, 0.3) is 0 Å². The number of hydrogen-bond acceptors (Lipinski definition) is 2. The van der Waals surface area contributed by atoms with Gasteiger partial charge in [0.2, 0.25) is 5.91 Å². The van der Waals surface area contributed by atoms with Gasteiger partial charge in [-0.25, -0.2) is 0 Å². The first-order valence-corrected chi connectivity index (χ1v) is 6.06. The molecule has 0 aromatic heterocycles. The van der Waals surface area contributed by atoms with E-state index < -0.39 is 17.8 Å². The standard InChI is InChI=1S/C13H17F3N2O/c1-3-8-17-12(19)9(2)18-11-7-5-4-6-10(11)13(14,15)16/h4-7,9,18H,3,8H2,1-2H3,(H,17,19). The summed E-state index contributed by atoms with van der Waals surface area (Å²) in [5.41, 5.74) is -0.862. The fourth-order valence-electron chi connectivity index (χ4n) is 1.56. The smallest absolute Gasteiger partial charge is 0.373 e. The highest BCUT2D eigenvalue weighted by Crippen LogP contribution is 2.34. The number of nitrogens with one attached hydrogen (secondary N) is 2. The molecule has 1 aromatic rings. The molecule has 1 unspecified atom stereocenters. The molecule has 0 heterocycles. The molecule has 1 amide bonds. The first-order valence-electron chi connectivity index (χ1n) is 6.06. The minimum absolute atomic E-state index is 0.0888. The van der Waals surface area contributed by atoms with Crippen molar-refractivity contribution in [2.75, 3.05) is 11.9 Å². The van der Waals surface area contributed by atoms with Gasteiger partial charge in [-0.3, -0.25) is 4.79 Å². The summed E-state index contributed by atoms with van der Waals surface area (Å²) < 4.78 is 38.3. The van der Waals surface area contributed by atoms with Gasteiger partial charge in [-0.15, -0.1) is 0 Å². The van der Waals surface area contributed by atoms with Gasteiger partial charge in [-0.05, 0) is 25.5 Å². The molecule has 0 fully saturated rings. The van der Waals surface area contributed by atoms with Crippen molar-refractivity contribution in [3.63, 3.8) is 0 Å². The number of halogens is 3. The van der Waals surface area contributed by atoms with Crippen LogP contribution in [0.1, 0.15) is 25.8 Å². The predicted octanol–water partition coefficient (Wildman–Crippen LogP) is 3.03. The van der Waals surface area contributed by atoms with Crippen LogP contribution in [0, 0.1) is 0 Å². The Hall–Kier alpha value is -1.72. The maximum absolute atomic E-state index is 12.8. The Balaban J connectivity index is 2.80. The normalized spacial score (nSPS) is 12.9. The van der Waals surface area contributed by atoms with E-state index in [0.29, 0.717) is 6.54 Å². The van der Waals surface area contributed by atoms with Crippen molar-refractivity contribution in [3.8, 4) is 0 Å². The summed E-state index contributed by atoms with van der Waals surface area (Å²) in [7, 11) is 0. The second-order valence-electron chi connectivity index (χ2n) is 4.20. The van der Waals surface area contributed by atoms with Crippen LogP contribution in [0.4, 0.5) is 18.9 Å². The van der Waals surface area contributed by atoms with Gasteiger partial charge >= 0.3 is 6.18 Å². The number of carbonyl (C=O) groups is 1. The van der Waals surface area contributed by atoms with Crippen LogP contribution in [-0.4, -0.2) is 18.5 Å². The van der Waals surface area contributed by atoms with E-state index >= 15 is 0 Å². The summed E-state index contributed by atoms with van der Waals surface area (Å²) in [6.07, 6.45) is -3.67. The van der Waals surface area contributed by atoms with Crippen molar-refractivity contribution in [1.82, 2.24) is 5.32 Å². The zero-order valence-corrected chi connectivity index (χ0v) is 10.8. The van der Waals surface area contributed by atoms with E-state index in [4.69, 9.17) is 0 Å².